The zero-order valence-corrected chi connectivity index (χ0v) is 17.8. The molecule has 3 rings (SSSR count). The SMILES string of the molecule is Cc1cc(C)cc(OCC(=O)c2c(C)c(C#N)c(=O)n(CCc3ccccc3)c2O)c1. The molecule has 0 bridgehead atoms. The summed E-state index contributed by atoms with van der Waals surface area (Å²) in [6.07, 6.45) is 0.467. The van der Waals surface area contributed by atoms with E-state index in [0.717, 1.165) is 21.3 Å². The zero-order valence-electron chi connectivity index (χ0n) is 17.8. The number of hydrogen-bond donors (Lipinski definition) is 1. The van der Waals surface area contributed by atoms with Crippen molar-refractivity contribution in [1.29, 1.82) is 5.26 Å². The van der Waals surface area contributed by atoms with Crippen LogP contribution in [0.2, 0.25) is 0 Å². The average Bonchev–Trinajstić information content (AvgIpc) is 2.72. The lowest BCUT2D eigenvalue weighted by molar-refractivity contribution is 0.0916. The molecule has 1 aromatic heterocycles. The zero-order chi connectivity index (χ0) is 22.5. The highest BCUT2D eigenvalue weighted by Crippen LogP contribution is 2.24. The molecule has 0 radical (unpaired) electrons. The normalized spacial score (nSPS) is 10.5. The maximum absolute atomic E-state index is 12.9. The van der Waals surface area contributed by atoms with E-state index in [9.17, 15) is 20.0 Å². The largest absolute Gasteiger partial charge is 0.494 e. The monoisotopic (exact) mass is 416 g/mol. The number of nitriles is 1. The van der Waals surface area contributed by atoms with Gasteiger partial charge in [-0.05, 0) is 61.6 Å². The highest BCUT2D eigenvalue weighted by atomic mass is 16.5. The number of ketones is 1. The lowest BCUT2D eigenvalue weighted by atomic mass is 10.0. The lowest BCUT2D eigenvalue weighted by Crippen LogP contribution is -2.28. The number of aromatic nitrogens is 1. The predicted molar refractivity (Wildman–Crippen MR) is 118 cm³/mol. The Kier molecular flexibility index (Phi) is 6.56. The molecule has 6 nitrogen and oxygen atoms in total. The second kappa shape index (κ2) is 9.31. The molecule has 1 N–H and O–H groups in total. The summed E-state index contributed by atoms with van der Waals surface area (Å²) >= 11 is 0. The van der Waals surface area contributed by atoms with Gasteiger partial charge in [0.25, 0.3) is 5.56 Å². The van der Waals surface area contributed by atoms with Crippen molar-refractivity contribution in [1.82, 2.24) is 4.57 Å². The highest BCUT2D eigenvalue weighted by molar-refractivity contribution is 6.01. The van der Waals surface area contributed by atoms with Gasteiger partial charge in [0.1, 0.15) is 17.4 Å². The third-order valence-corrected chi connectivity index (χ3v) is 5.11. The Balaban J connectivity index is 1.92. The molecular formula is C25H24N2O4. The maximum Gasteiger partial charge on any atom is 0.271 e. The molecule has 31 heavy (non-hydrogen) atoms. The van der Waals surface area contributed by atoms with E-state index in [2.05, 4.69) is 0 Å². The molecule has 0 amide bonds. The number of aromatic hydroxyl groups is 1. The summed E-state index contributed by atoms with van der Waals surface area (Å²) in [4.78, 5) is 25.7. The van der Waals surface area contributed by atoms with Crippen LogP contribution in [0.15, 0.2) is 53.3 Å². The van der Waals surface area contributed by atoms with Gasteiger partial charge in [-0.25, -0.2) is 0 Å². The number of Topliss-reactive ketones (excluding diaryl/α,β-unsaturated/α-hetero) is 1. The number of pyridine rings is 1. The van der Waals surface area contributed by atoms with Crippen LogP contribution in [0.4, 0.5) is 0 Å². The van der Waals surface area contributed by atoms with Crippen molar-refractivity contribution in [3.05, 3.63) is 92.3 Å². The smallest absolute Gasteiger partial charge is 0.271 e. The van der Waals surface area contributed by atoms with Gasteiger partial charge in [0.05, 0.1) is 5.56 Å². The first-order chi connectivity index (χ1) is 14.8. The van der Waals surface area contributed by atoms with Crippen LogP contribution in [0, 0.1) is 32.1 Å². The first-order valence-electron chi connectivity index (χ1n) is 9.96. The van der Waals surface area contributed by atoms with E-state index in [4.69, 9.17) is 4.74 Å². The van der Waals surface area contributed by atoms with Crippen LogP contribution < -0.4 is 10.3 Å². The van der Waals surface area contributed by atoms with Gasteiger partial charge in [-0.3, -0.25) is 14.2 Å². The van der Waals surface area contributed by atoms with E-state index in [-0.39, 0.29) is 29.8 Å². The molecular weight excluding hydrogens is 392 g/mol. The third-order valence-electron chi connectivity index (χ3n) is 5.11. The number of ether oxygens (including phenoxy) is 1. The van der Waals surface area contributed by atoms with Crippen LogP contribution in [0.5, 0.6) is 11.6 Å². The Labute approximate surface area is 181 Å². The molecule has 3 aromatic rings. The minimum atomic E-state index is -0.611. The standard InChI is InChI=1S/C25H24N2O4/c1-16-11-17(2)13-20(12-16)31-15-22(28)23-18(3)21(14-26)24(29)27(25(23)30)10-9-19-7-5-4-6-8-19/h4-8,11-13,30H,9-10,15H2,1-3H3. The highest BCUT2D eigenvalue weighted by Gasteiger charge is 2.24. The van der Waals surface area contributed by atoms with Gasteiger partial charge in [-0.1, -0.05) is 36.4 Å². The lowest BCUT2D eigenvalue weighted by Gasteiger charge is -2.16. The number of aryl methyl sites for hydroxylation is 3. The summed E-state index contributed by atoms with van der Waals surface area (Å²) in [6.45, 7) is 5.17. The van der Waals surface area contributed by atoms with Crippen molar-refractivity contribution in [2.45, 2.75) is 33.7 Å². The number of hydrogen-bond acceptors (Lipinski definition) is 5. The minimum absolute atomic E-state index is 0.0615. The quantitative estimate of drug-likeness (QED) is 0.591. The molecule has 158 valence electrons. The van der Waals surface area contributed by atoms with Crippen molar-refractivity contribution in [2.75, 3.05) is 6.61 Å². The Bertz CT molecular complexity index is 1200. The average molecular weight is 416 g/mol. The van der Waals surface area contributed by atoms with Crippen molar-refractivity contribution in [3.63, 3.8) is 0 Å². The number of nitrogens with zero attached hydrogens (tertiary/aromatic N) is 2. The fourth-order valence-corrected chi connectivity index (χ4v) is 3.62. The number of rotatable bonds is 7. The van der Waals surface area contributed by atoms with Crippen LogP contribution in [-0.2, 0) is 13.0 Å². The predicted octanol–water partition coefficient (Wildman–Crippen LogP) is 3.86. The molecule has 6 heteroatoms. The Morgan fingerprint density at radius 2 is 1.74 bits per heavy atom. The van der Waals surface area contributed by atoms with Gasteiger partial charge < -0.3 is 9.84 Å². The molecule has 0 aliphatic carbocycles. The Hall–Kier alpha value is -3.85. The summed E-state index contributed by atoms with van der Waals surface area (Å²) in [5, 5.41) is 20.3. The van der Waals surface area contributed by atoms with E-state index in [1.54, 1.807) is 0 Å². The van der Waals surface area contributed by atoms with Crippen molar-refractivity contribution < 1.29 is 14.6 Å². The van der Waals surface area contributed by atoms with E-state index >= 15 is 0 Å². The van der Waals surface area contributed by atoms with Gasteiger partial charge >= 0.3 is 0 Å². The Morgan fingerprint density at radius 1 is 1.10 bits per heavy atom. The molecule has 0 spiro atoms. The summed E-state index contributed by atoms with van der Waals surface area (Å²) in [6, 6.07) is 17.0. The topological polar surface area (TPSA) is 92.3 Å². The minimum Gasteiger partial charge on any atom is -0.494 e. The second-order valence-electron chi connectivity index (χ2n) is 7.54. The molecule has 0 unspecified atom stereocenters. The molecule has 1 heterocycles. The van der Waals surface area contributed by atoms with Gasteiger partial charge in [0.2, 0.25) is 11.7 Å². The number of carbonyl (C=O) groups excluding carboxylic acids is 1. The van der Waals surface area contributed by atoms with Crippen molar-refractivity contribution >= 4 is 5.78 Å². The first-order valence-corrected chi connectivity index (χ1v) is 9.96. The molecule has 0 fully saturated rings. The van der Waals surface area contributed by atoms with Crippen LogP contribution in [0.1, 0.15) is 38.2 Å². The summed E-state index contributed by atoms with van der Waals surface area (Å²) in [5.41, 5.74) is 2.31. The van der Waals surface area contributed by atoms with Gasteiger partial charge in [-0.15, -0.1) is 0 Å². The van der Waals surface area contributed by atoms with E-state index < -0.39 is 17.2 Å². The molecule has 0 aliphatic rings. The second-order valence-corrected chi connectivity index (χ2v) is 7.54. The van der Waals surface area contributed by atoms with Crippen molar-refractivity contribution in [3.8, 4) is 17.7 Å². The number of carbonyl (C=O) groups is 1. The first kappa shape index (κ1) is 21.8. The summed E-state index contributed by atoms with van der Waals surface area (Å²) in [5.74, 6) is -0.397. The van der Waals surface area contributed by atoms with Gasteiger partial charge in [0.15, 0.2) is 6.61 Å². The molecule has 0 saturated carbocycles. The molecule has 0 atom stereocenters. The van der Waals surface area contributed by atoms with Crippen LogP contribution in [0.3, 0.4) is 0 Å². The Morgan fingerprint density at radius 3 is 2.35 bits per heavy atom. The third kappa shape index (κ3) is 4.84. The number of benzene rings is 2. The van der Waals surface area contributed by atoms with Gasteiger partial charge in [0, 0.05) is 6.54 Å². The van der Waals surface area contributed by atoms with Crippen molar-refractivity contribution in [2.24, 2.45) is 0 Å². The van der Waals surface area contributed by atoms with Crippen LogP contribution in [-0.4, -0.2) is 22.1 Å². The summed E-state index contributed by atoms with van der Waals surface area (Å²) in [7, 11) is 0. The molecule has 0 aliphatic heterocycles. The summed E-state index contributed by atoms with van der Waals surface area (Å²) < 4.78 is 6.72. The van der Waals surface area contributed by atoms with E-state index in [1.807, 2.05) is 68.4 Å². The fraction of sp³-hybridized carbons (Fsp3) is 0.240. The van der Waals surface area contributed by atoms with Crippen LogP contribution in [0.25, 0.3) is 0 Å². The molecule has 2 aromatic carbocycles. The maximum atomic E-state index is 12.9. The molecule has 0 saturated heterocycles. The fourth-order valence-electron chi connectivity index (χ4n) is 3.62. The van der Waals surface area contributed by atoms with E-state index in [0.29, 0.717) is 12.2 Å². The van der Waals surface area contributed by atoms with E-state index in [1.165, 1.54) is 6.92 Å². The van der Waals surface area contributed by atoms with Crippen LogP contribution >= 0.6 is 0 Å². The van der Waals surface area contributed by atoms with Gasteiger partial charge in [-0.2, -0.15) is 5.26 Å².